The van der Waals surface area contributed by atoms with Crippen LogP contribution in [0.1, 0.15) is 27.2 Å². The van der Waals surface area contributed by atoms with Crippen molar-refractivity contribution < 1.29 is 4.74 Å². The van der Waals surface area contributed by atoms with E-state index in [4.69, 9.17) is 4.74 Å². The highest BCUT2D eigenvalue weighted by Gasteiger charge is 2.13. The average Bonchev–Trinajstić information content (AvgIpc) is 1.84. The number of hydrogen-bond donors (Lipinski definition) is 0. The van der Waals surface area contributed by atoms with Crippen LogP contribution in [-0.2, 0) is 4.74 Å². The quantitative estimate of drug-likeness (QED) is 0.528. The molecule has 0 fully saturated rings. The van der Waals surface area contributed by atoms with Gasteiger partial charge in [0.15, 0.2) is 0 Å². The molecule has 0 aromatic carbocycles. The van der Waals surface area contributed by atoms with Crippen molar-refractivity contribution in [2.24, 2.45) is 0 Å². The minimum Gasteiger partial charge on any atom is -0.372 e. The van der Waals surface area contributed by atoms with Gasteiger partial charge in [-0.05, 0) is 20.3 Å². The van der Waals surface area contributed by atoms with E-state index in [0.717, 1.165) is 6.42 Å². The van der Waals surface area contributed by atoms with Crippen molar-refractivity contribution in [2.45, 2.75) is 32.8 Å². The van der Waals surface area contributed by atoms with E-state index in [-0.39, 0.29) is 5.60 Å². The van der Waals surface area contributed by atoms with E-state index >= 15 is 0 Å². The first kappa shape index (κ1) is 8.70. The topological polar surface area (TPSA) is 9.23 Å². The van der Waals surface area contributed by atoms with Crippen LogP contribution in [-0.4, -0.2) is 12.2 Å². The standard InChI is InChI=1S/C8H16O/c1-5-7-9-8(3,4)6-2/h5H,1,6-7H2,2-4H3. The zero-order valence-corrected chi connectivity index (χ0v) is 6.61. The van der Waals surface area contributed by atoms with Crippen LogP contribution in [0.5, 0.6) is 0 Å². The molecule has 0 aliphatic heterocycles. The van der Waals surface area contributed by atoms with Crippen LogP contribution in [0.4, 0.5) is 0 Å². The fourth-order valence-corrected chi connectivity index (χ4v) is 0.387. The van der Waals surface area contributed by atoms with E-state index in [1.165, 1.54) is 0 Å². The molecule has 0 rings (SSSR count). The largest absolute Gasteiger partial charge is 0.372 e. The molecule has 0 aliphatic rings. The van der Waals surface area contributed by atoms with Gasteiger partial charge in [0.05, 0.1) is 12.2 Å². The average molecular weight is 128 g/mol. The second-order valence-electron chi connectivity index (χ2n) is 2.71. The van der Waals surface area contributed by atoms with E-state index < -0.39 is 0 Å². The van der Waals surface area contributed by atoms with Gasteiger partial charge in [-0.3, -0.25) is 0 Å². The second kappa shape index (κ2) is 3.67. The van der Waals surface area contributed by atoms with Gasteiger partial charge in [0.1, 0.15) is 0 Å². The highest BCUT2D eigenvalue weighted by molar-refractivity contribution is 4.71. The molecule has 9 heavy (non-hydrogen) atoms. The Bertz CT molecular complexity index is 84.6. The lowest BCUT2D eigenvalue weighted by Gasteiger charge is -2.22. The van der Waals surface area contributed by atoms with Crippen molar-refractivity contribution in [3.05, 3.63) is 12.7 Å². The van der Waals surface area contributed by atoms with E-state index in [2.05, 4.69) is 27.4 Å². The van der Waals surface area contributed by atoms with Crippen LogP contribution in [0, 0.1) is 0 Å². The smallest absolute Gasteiger partial charge is 0.0652 e. The molecule has 1 nitrogen and oxygen atoms in total. The summed E-state index contributed by atoms with van der Waals surface area (Å²) < 4.78 is 5.41. The first-order chi connectivity index (χ1) is 4.12. The summed E-state index contributed by atoms with van der Waals surface area (Å²) in [6.45, 7) is 10.5. The fourth-order valence-electron chi connectivity index (χ4n) is 0.387. The molecule has 0 aromatic heterocycles. The van der Waals surface area contributed by atoms with Crippen LogP contribution in [0.3, 0.4) is 0 Å². The maximum atomic E-state index is 5.41. The molecule has 0 radical (unpaired) electrons. The van der Waals surface area contributed by atoms with Crippen molar-refractivity contribution in [2.75, 3.05) is 6.61 Å². The highest BCUT2D eigenvalue weighted by Crippen LogP contribution is 2.12. The Kier molecular flexibility index (Phi) is 3.55. The maximum Gasteiger partial charge on any atom is 0.0652 e. The summed E-state index contributed by atoms with van der Waals surface area (Å²) in [6.07, 6.45) is 2.82. The maximum absolute atomic E-state index is 5.41. The van der Waals surface area contributed by atoms with Crippen LogP contribution >= 0.6 is 0 Å². The van der Waals surface area contributed by atoms with E-state index in [9.17, 15) is 0 Å². The highest BCUT2D eigenvalue weighted by atomic mass is 16.5. The molecule has 0 spiro atoms. The number of rotatable bonds is 4. The third-order valence-electron chi connectivity index (χ3n) is 1.44. The van der Waals surface area contributed by atoms with Gasteiger partial charge < -0.3 is 4.74 Å². The summed E-state index contributed by atoms with van der Waals surface area (Å²) in [6, 6.07) is 0. The van der Waals surface area contributed by atoms with Crippen molar-refractivity contribution >= 4 is 0 Å². The van der Waals surface area contributed by atoms with Crippen molar-refractivity contribution in [3.63, 3.8) is 0 Å². The first-order valence-corrected chi connectivity index (χ1v) is 3.37. The van der Waals surface area contributed by atoms with Crippen molar-refractivity contribution in [1.82, 2.24) is 0 Å². The Morgan fingerprint density at radius 2 is 2.11 bits per heavy atom. The molecule has 0 amide bonds. The minimum atomic E-state index is 0.0220. The molecule has 0 unspecified atom stereocenters. The van der Waals surface area contributed by atoms with Gasteiger partial charge in [-0.15, -0.1) is 6.58 Å². The van der Waals surface area contributed by atoms with Crippen LogP contribution < -0.4 is 0 Å². The van der Waals surface area contributed by atoms with Crippen LogP contribution in [0.15, 0.2) is 12.7 Å². The fraction of sp³-hybridized carbons (Fsp3) is 0.750. The molecule has 0 aromatic rings. The second-order valence-corrected chi connectivity index (χ2v) is 2.71. The van der Waals surface area contributed by atoms with Crippen molar-refractivity contribution in [1.29, 1.82) is 0 Å². The SMILES string of the molecule is C=CCOC(C)(C)CC. The van der Waals surface area contributed by atoms with Gasteiger partial charge in [-0.1, -0.05) is 13.0 Å². The van der Waals surface area contributed by atoms with E-state index in [1.54, 1.807) is 6.08 Å². The van der Waals surface area contributed by atoms with Gasteiger partial charge in [0, 0.05) is 0 Å². The summed E-state index contributed by atoms with van der Waals surface area (Å²) in [5.41, 5.74) is 0.0220. The number of ether oxygens (including phenoxy) is 1. The molecule has 54 valence electrons. The number of hydrogen-bond acceptors (Lipinski definition) is 1. The summed E-state index contributed by atoms with van der Waals surface area (Å²) in [5.74, 6) is 0. The Morgan fingerprint density at radius 1 is 1.56 bits per heavy atom. The Morgan fingerprint density at radius 3 is 2.44 bits per heavy atom. The third kappa shape index (κ3) is 4.22. The molecule has 0 aliphatic carbocycles. The predicted octanol–water partition coefficient (Wildman–Crippen LogP) is 2.38. The van der Waals surface area contributed by atoms with Crippen LogP contribution in [0.25, 0.3) is 0 Å². The van der Waals surface area contributed by atoms with Gasteiger partial charge in [0.2, 0.25) is 0 Å². The Labute approximate surface area is 57.7 Å². The van der Waals surface area contributed by atoms with Gasteiger partial charge in [-0.2, -0.15) is 0 Å². The summed E-state index contributed by atoms with van der Waals surface area (Å²) >= 11 is 0. The lowest BCUT2D eigenvalue weighted by Crippen LogP contribution is -2.22. The molecule has 1 heteroatoms. The van der Waals surface area contributed by atoms with Gasteiger partial charge in [0.25, 0.3) is 0 Å². The summed E-state index contributed by atoms with van der Waals surface area (Å²) in [5, 5.41) is 0. The van der Waals surface area contributed by atoms with E-state index in [1.807, 2.05) is 0 Å². The molecule has 0 saturated heterocycles. The van der Waals surface area contributed by atoms with Gasteiger partial charge >= 0.3 is 0 Å². The monoisotopic (exact) mass is 128 g/mol. The van der Waals surface area contributed by atoms with Crippen LogP contribution in [0.2, 0.25) is 0 Å². The minimum absolute atomic E-state index is 0.0220. The third-order valence-corrected chi connectivity index (χ3v) is 1.44. The van der Waals surface area contributed by atoms with Crippen molar-refractivity contribution in [3.8, 4) is 0 Å². The molecular weight excluding hydrogens is 112 g/mol. The molecular formula is C8H16O. The lowest BCUT2D eigenvalue weighted by atomic mass is 10.1. The summed E-state index contributed by atoms with van der Waals surface area (Å²) in [7, 11) is 0. The molecule has 0 heterocycles. The Hall–Kier alpha value is -0.300. The zero-order valence-electron chi connectivity index (χ0n) is 6.61. The lowest BCUT2D eigenvalue weighted by molar-refractivity contribution is -0.00336. The first-order valence-electron chi connectivity index (χ1n) is 3.37. The molecule has 0 N–H and O–H groups in total. The molecule has 0 saturated carbocycles. The molecule has 0 bridgehead atoms. The zero-order chi connectivity index (χ0) is 7.33. The predicted molar refractivity (Wildman–Crippen MR) is 40.5 cm³/mol. The summed E-state index contributed by atoms with van der Waals surface area (Å²) in [4.78, 5) is 0. The van der Waals surface area contributed by atoms with E-state index in [0.29, 0.717) is 6.61 Å². The van der Waals surface area contributed by atoms with Gasteiger partial charge in [-0.25, -0.2) is 0 Å². The Balaban J connectivity index is 3.44. The molecule has 0 atom stereocenters. The normalized spacial score (nSPS) is 11.4.